The van der Waals surface area contributed by atoms with Crippen molar-refractivity contribution in [2.45, 2.75) is 41.5 Å². The number of carbonyl (C=O) groups is 1. The van der Waals surface area contributed by atoms with Gasteiger partial charge in [0.25, 0.3) is 0 Å². The number of ketones is 1. The number of hydrogen-bond acceptors (Lipinski definition) is 1. The van der Waals surface area contributed by atoms with Crippen LogP contribution in [0.25, 0.3) is 0 Å². The smallest absolute Gasteiger partial charge is 0.139 e. The first-order valence-electron chi connectivity index (χ1n) is 5.47. The lowest BCUT2D eigenvalue weighted by atomic mass is 9.99. The maximum absolute atomic E-state index is 11.9. The molecular weight excluding hydrogens is 172 g/mol. The van der Waals surface area contributed by atoms with Gasteiger partial charge in [-0.05, 0) is 25.2 Å². The molecule has 1 saturated carbocycles. The summed E-state index contributed by atoms with van der Waals surface area (Å²) in [7, 11) is 0. The third-order valence-corrected chi connectivity index (χ3v) is 3.30. The van der Waals surface area contributed by atoms with Gasteiger partial charge in [0.2, 0.25) is 0 Å². The standard InChI is InChI=1S/C13H22O/c1-8(2)7-10-11(13(10,5)6)12(14)9(3)4/h7,9-11H,1-6H3/t10-,11+/m0/s1. The van der Waals surface area contributed by atoms with E-state index in [2.05, 4.69) is 33.8 Å². The Morgan fingerprint density at radius 3 is 2.14 bits per heavy atom. The second kappa shape index (κ2) is 3.52. The quantitative estimate of drug-likeness (QED) is 0.629. The van der Waals surface area contributed by atoms with Gasteiger partial charge in [-0.25, -0.2) is 0 Å². The first-order valence-corrected chi connectivity index (χ1v) is 5.47. The van der Waals surface area contributed by atoms with Crippen LogP contribution in [0.3, 0.4) is 0 Å². The Hall–Kier alpha value is -0.590. The van der Waals surface area contributed by atoms with Gasteiger partial charge in [-0.2, -0.15) is 0 Å². The van der Waals surface area contributed by atoms with Gasteiger partial charge in [0.05, 0.1) is 0 Å². The van der Waals surface area contributed by atoms with E-state index >= 15 is 0 Å². The first-order chi connectivity index (χ1) is 6.28. The predicted molar refractivity (Wildman–Crippen MR) is 60.0 cm³/mol. The Morgan fingerprint density at radius 2 is 1.79 bits per heavy atom. The van der Waals surface area contributed by atoms with Gasteiger partial charge in [-0.1, -0.05) is 39.3 Å². The zero-order chi connectivity index (χ0) is 11.1. The fraction of sp³-hybridized carbons (Fsp3) is 0.769. The van der Waals surface area contributed by atoms with Crippen LogP contribution >= 0.6 is 0 Å². The monoisotopic (exact) mass is 194 g/mol. The number of Topliss-reactive ketones (excluding diaryl/α,β-unsaturated/α-hetero) is 1. The van der Waals surface area contributed by atoms with Gasteiger partial charge in [0.15, 0.2) is 0 Å². The molecule has 14 heavy (non-hydrogen) atoms. The molecule has 0 aliphatic heterocycles. The average Bonchev–Trinajstić information content (AvgIpc) is 2.50. The summed E-state index contributed by atoms with van der Waals surface area (Å²) in [6.45, 7) is 12.6. The molecule has 1 aliphatic rings. The summed E-state index contributed by atoms with van der Waals surface area (Å²) in [6.07, 6.45) is 2.25. The van der Waals surface area contributed by atoms with Crippen LogP contribution in [0.1, 0.15) is 41.5 Å². The molecule has 1 aliphatic carbocycles. The average molecular weight is 194 g/mol. The molecule has 0 N–H and O–H groups in total. The van der Waals surface area contributed by atoms with Gasteiger partial charge < -0.3 is 0 Å². The minimum absolute atomic E-state index is 0.176. The molecule has 1 fully saturated rings. The predicted octanol–water partition coefficient (Wildman–Crippen LogP) is 3.45. The topological polar surface area (TPSA) is 17.1 Å². The van der Waals surface area contributed by atoms with Crippen LogP contribution in [-0.2, 0) is 4.79 Å². The molecule has 0 unspecified atom stereocenters. The third kappa shape index (κ3) is 1.92. The van der Waals surface area contributed by atoms with Crippen molar-refractivity contribution in [3.05, 3.63) is 11.6 Å². The highest BCUT2D eigenvalue weighted by molar-refractivity contribution is 5.87. The Kier molecular flexibility index (Phi) is 2.89. The van der Waals surface area contributed by atoms with Crippen molar-refractivity contribution < 1.29 is 4.79 Å². The maximum Gasteiger partial charge on any atom is 0.139 e. The van der Waals surface area contributed by atoms with Gasteiger partial charge in [0, 0.05) is 11.8 Å². The lowest BCUT2D eigenvalue weighted by Gasteiger charge is -2.04. The number of carbonyl (C=O) groups excluding carboxylic acids is 1. The lowest BCUT2D eigenvalue weighted by molar-refractivity contribution is -0.123. The second-order valence-electron chi connectivity index (χ2n) is 5.63. The molecule has 0 radical (unpaired) electrons. The summed E-state index contributed by atoms with van der Waals surface area (Å²) < 4.78 is 0. The molecule has 1 nitrogen and oxygen atoms in total. The van der Waals surface area contributed by atoms with E-state index in [1.807, 2.05) is 13.8 Å². The molecule has 80 valence electrons. The largest absolute Gasteiger partial charge is 0.299 e. The van der Waals surface area contributed by atoms with Crippen LogP contribution in [0.15, 0.2) is 11.6 Å². The van der Waals surface area contributed by atoms with E-state index in [9.17, 15) is 4.79 Å². The highest BCUT2D eigenvalue weighted by atomic mass is 16.1. The van der Waals surface area contributed by atoms with Crippen LogP contribution in [0, 0.1) is 23.2 Å². The summed E-state index contributed by atoms with van der Waals surface area (Å²) in [5.74, 6) is 1.34. The number of hydrogen-bond donors (Lipinski definition) is 0. The van der Waals surface area contributed by atoms with E-state index in [-0.39, 0.29) is 17.3 Å². The van der Waals surface area contributed by atoms with Crippen LogP contribution in [0.4, 0.5) is 0 Å². The number of rotatable bonds is 3. The van der Waals surface area contributed by atoms with Gasteiger partial charge in [-0.15, -0.1) is 0 Å². The van der Waals surface area contributed by atoms with Crippen molar-refractivity contribution in [3.8, 4) is 0 Å². The Bertz CT molecular complexity index is 267. The van der Waals surface area contributed by atoms with E-state index in [1.54, 1.807) is 0 Å². The van der Waals surface area contributed by atoms with E-state index in [4.69, 9.17) is 0 Å². The minimum Gasteiger partial charge on any atom is -0.299 e. The molecule has 1 heteroatoms. The van der Waals surface area contributed by atoms with Crippen LogP contribution in [0.2, 0.25) is 0 Å². The van der Waals surface area contributed by atoms with E-state index < -0.39 is 0 Å². The highest BCUT2D eigenvalue weighted by Gasteiger charge is 2.60. The summed E-state index contributed by atoms with van der Waals surface area (Å²) in [6, 6.07) is 0. The molecule has 1 rings (SSSR count). The normalized spacial score (nSPS) is 28.8. The van der Waals surface area contributed by atoms with Crippen molar-refractivity contribution in [1.29, 1.82) is 0 Å². The minimum atomic E-state index is 0.176. The van der Waals surface area contributed by atoms with Gasteiger partial charge >= 0.3 is 0 Å². The Morgan fingerprint density at radius 1 is 1.29 bits per heavy atom. The van der Waals surface area contributed by atoms with Crippen LogP contribution in [-0.4, -0.2) is 5.78 Å². The molecule has 0 aromatic carbocycles. The molecule has 0 heterocycles. The van der Waals surface area contributed by atoms with E-state index in [0.29, 0.717) is 11.7 Å². The molecular formula is C13H22O. The molecule has 0 aromatic rings. The first kappa shape index (κ1) is 11.5. The SMILES string of the molecule is CC(C)=C[C@H]1[C@H](C(=O)C(C)C)C1(C)C. The van der Waals surface area contributed by atoms with Crippen LogP contribution in [0.5, 0.6) is 0 Å². The molecule has 0 bridgehead atoms. The lowest BCUT2D eigenvalue weighted by Crippen LogP contribution is -2.12. The molecule has 0 aromatic heterocycles. The van der Waals surface area contributed by atoms with Crippen molar-refractivity contribution in [3.63, 3.8) is 0 Å². The van der Waals surface area contributed by atoms with Crippen molar-refractivity contribution in [2.75, 3.05) is 0 Å². The molecule has 0 amide bonds. The second-order valence-corrected chi connectivity index (χ2v) is 5.63. The molecule has 2 atom stereocenters. The summed E-state index contributed by atoms with van der Waals surface area (Å²) in [5.41, 5.74) is 1.51. The fourth-order valence-corrected chi connectivity index (χ4v) is 2.25. The summed E-state index contributed by atoms with van der Waals surface area (Å²) >= 11 is 0. The van der Waals surface area contributed by atoms with Crippen LogP contribution < -0.4 is 0 Å². The zero-order valence-electron chi connectivity index (χ0n) is 10.2. The maximum atomic E-state index is 11.9. The summed E-state index contributed by atoms with van der Waals surface area (Å²) in [5, 5.41) is 0. The van der Waals surface area contributed by atoms with E-state index in [0.717, 1.165) is 0 Å². The van der Waals surface area contributed by atoms with Crippen molar-refractivity contribution in [2.24, 2.45) is 23.2 Å². The summed E-state index contributed by atoms with van der Waals surface area (Å²) in [4.78, 5) is 11.9. The van der Waals surface area contributed by atoms with Crippen molar-refractivity contribution >= 4 is 5.78 Å². The Balaban J connectivity index is 2.76. The van der Waals surface area contributed by atoms with E-state index in [1.165, 1.54) is 5.57 Å². The van der Waals surface area contributed by atoms with Gasteiger partial charge in [-0.3, -0.25) is 4.79 Å². The third-order valence-electron chi connectivity index (χ3n) is 3.30. The molecule has 0 saturated heterocycles. The Labute approximate surface area is 87.6 Å². The molecule has 0 spiro atoms. The van der Waals surface area contributed by atoms with Gasteiger partial charge in [0.1, 0.15) is 5.78 Å². The fourth-order valence-electron chi connectivity index (χ4n) is 2.25. The van der Waals surface area contributed by atoms with Crippen molar-refractivity contribution in [1.82, 2.24) is 0 Å². The highest BCUT2D eigenvalue weighted by Crippen LogP contribution is 2.60. The number of allylic oxidation sites excluding steroid dienone is 2. The zero-order valence-corrected chi connectivity index (χ0v) is 10.2.